The lowest BCUT2D eigenvalue weighted by molar-refractivity contribution is -0.127. The van der Waals surface area contributed by atoms with E-state index in [0.717, 1.165) is 28.6 Å². The van der Waals surface area contributed by atoms with Crippen LogP contribution in [0.3, 0.4) is 0 Å². The van der Waals surface area contributed by atoms with Crippen molar-refractivity contribution >= 4 is 40.6 Å². The molecule has 3 amide bonds. The molecule has 2 aromatic rings. The van der Waals surface area contributed by atoms with Gasteiger partial charge in [0.2, 0.25) is 5.91 Å². The molecular weight excluding hydrogens is 416 g/mol. The van der Waals surface area contributed by atoms with Gasteiger partial charge in [-0.3, -0.25) is 19.3 Å². The minimum atomic E-state index is -0.501. The number of rotatable bonds is 8. The molecular formula is C23H24N2O5S. The van der Waals surface area contributed by atoms with Crippen molar-refractivity contribution in [1.82, 2.24) is 4.90 Å². The van der Waals surface area contributed by atoms with Crippen molar-refractivity contribution in [3.8, 4) is 11.5 Å². The largest absolute Gasteiger partial charge is 0.493 e. The third-order valence-corrected chi connectivity index (χ3v) is 5.51. The SMILES string of the molecule is CCOc1ccc(/C=C2/SC(=O)N(CC(=O)Nc3ccc(CC)cc3)C2=O)cc1OC. The fraction of sp³-hybridized carbons (Fsp3) is 0.261. The lowest BCUT2D eigenvalue weighted by atomic mass is 10.1. The van der Waals surface area contributed by atoms with Crippen LogP contribution in [0.4, 0.5) is 10.5 Å². The van der Waals surface area contributed by atoms with E-state index in [2.05, 4.69) is 5.32 Å². The summed E-state index contributed by atoms with van der Waals surface area (Å²) in [4.78, 5) is 38.6. The van der Waals surface area contributed by atoms with Gasteiger partial charge >= 0.3 is 0 Å². The van der Waals surface area contributed by atoms with Crippen LogP contribution in [0.5, 0.6) is 11.5 Å². The molecule has 0 aliphatic carbocycles. The number of nitrogens with one attached hydrogen (secondary N) is 1. The lowest BCUT2D eigenvalue weighted by Crippen LogP contribution is -2.36. The Kier molecular flexibility index (Phi) is 7.36. The number of imide groups is 1. The second-order valence-corrected chi connectivity index (χ2v) is 7.70. The van der Waals surface area contributed by atoms with Gasteiger partial charge in [0, 0.05) is 5.69 Å². The molecule has 0 saturated carbocycles. The molecule has 1 N–H and O–H groups in total. The number of carbonyl (C=O) groups is 3. The van der Waals surface area contributed by atoms with Gasteiger partial charge in [0.15, 0.2) is 11.5 Å². The molecule has 162 valence electrons. The third kappa shape index (κ3) is 5.46. The molecule has 1 fully saturated rings. The summed E-state index contributed by atoms with van der Waals surface area (Å²) < 4.78 is 10.8. The Bertz CT molecular complexity index is 1020. The summed E-state index contributed by atoms with van der Waals surface area (Å²) in [5.74, 6) is 0.192. The van der Waals surface area contributed by atoms with E-state index in [-0.39, 0.29) is 11.4 Å². The number of methoxy groups -OCH3 is 1. The molecule has 1 aliphatic rings. The molecule has 1 aliphatic heterocycles. The molecule has 0 atom stereocenters. The fourth-order valence-electron chi connectivity index (χ4n) is 3.00. The number of benzene rings is 2. The minimum Gasteiger partial charge on any atom is -0.493 e. The van der Waals surface area contributed by atoms with E-state index in [1.165, 1.54) is 7.11 Å². The van der Waals surface area contributed by atoms with Gasteiger partial charge in [-0.05, 0) is 66.6 Å². The maximum Gasteiger partial charge on any atom is 0.294 e. The average Bonchev–Trinajstić information content (AvgIpc) is 3.02. The number of hydrogen-bond donors (Lipinski definition) is 1. The average molecular weight is 441 g/mol. The molecule has 0 aromatic heterocycles. The van der Waals surface area contributed by atoms with Crippen LogP contribution in [0.15, 0.2) is 47.4 Å². The van der Waals surface area contributed by atoms with Gasteiger partial charge in [-0.1, -0.05) is 25.1 Å². The number of hydrogen-bond acceptors (Lipinski definition) is 6. The quantitative estimate of drug-likeness (QED) is 0.615. The third-order valence-electron chi connectivity index (χ3n) is 4.61. The molecule has 8 heteroatoms. The molecule has 1 saturated heterocycles. The minimum absolute atomic E-state index is 0.247. The Morgan fingerprint density at radius 2 is 1.84 bits per heavy atom. The van der Waals surface area contributed by atoms with Gasteiger partial charge in [-0.25, -0.2) is 0 Å². The van der Waals surface area contributed by atoms with Crippen LogP contribution in [-0.2, 0) is 16.0 Å². The van der Waals surface area contributed by atoms with Crippen molar-refractivity contribution in [3.05, 3.63) is 58.5 Å². The van der Waals surface area contributed by atoms with Gasteiger partial charge in [-0.2, -0.15) is 0 Å². The van der Waals surface area contributed by atoms with Gasteiger partial charge in [-0.15, -0.1) is 0 Å². The molecule has 7 nitrogen and oxygen atoms in total. The smallest absolute Gasteiger partial charge is 0.294 e. The summed E-state index contributed by atoms with van der Waals surface area (Å²) in [5.41, 5.74) is 2.46. The first-order valence-electron chi connectivity index (χ1n) is 9.90. The molecule has 0 unspecified atom stereocenters. The van der Waals surface area contributed by atoms with Crippen LogP contribution in [0.25, 0.3) is 6.08 Å². The van der Waals surface area contributed by atoms with Gasteiger partial charge < -0.3 is 14.8 Å². The second-order valence-electron chi connectivity index (χ2n) is 6.71. The van der Waals surface area contributed by atoms with Crippen molar-refractivity contribution in [1.29, 1.82) is 0 Å². The fourth-order valence-corrected chi connectivity index (χ4v) is 3.84. The van der Waals surface area contributed by atoms with Crippen LogP contribution in [0.1, 0.15) is 25.0 Å². The molecule has 0 spiro atoms. The van der Waals surface area contributed by atoms with Crippen LogP contribution in [0.2, 0.25) is 0 Å². The molecule has 0 bridgehead atoms. The summed E-state index contributed by atoms with van der Waals surface area (Å²) in [7, 11) is 1.53. The summed E-state index contributed by atoms with van der Waals surface area (Å²) in [6.45, 7) is 4.08. The normalized spacial score (nSPS) is 14.8. The van der Waals surface area contributed by atoms with E-state index < -0.39 is 17.1 Å². The van der Waals surface area contributed by atoms with Crippen LogP contribution < -0.4 is 14.8 Å². The van der Waals surface area contributed by atoms with Crippen molar-refractivity contribution in [2.24, 2.45) is 0 Å². The highest BCUT2D eigenvalue weighted by Crippen LogP contribution is 2.34. The van der Waals surface area contributed by atoms with Gasteiger partial charge in [0.05, 0.1) is 18.6 Å². The first-order chi connectivity index (χ1) is 14.9. The lowest BCUT2D eigenvalue weighted by Gasteiger charge is -2.12. The first kappa shape index (κ1) is 22.4. The Morgan fingerprint density at radius 1 is 1.10 bits per heavy atom. The van der Waals surface area contributed by atoms with E-state index in [1.807, 2.05) is 26.0 Å². The van der Waals surface area contributed by atoms with E-state index >= 15 is 0 Å². The van der Waals surface area contributed by atoms with E-state index in [4.69, 9.17) is 9.47 Å². The molecule has 2 aromatic carbocycles. The Balaban J connectivity index is 1.69. The van der Waals surface area contributed by atoms with Crippen molar-refractivity contribution in [2.75, 3.05) is 25.6 Å². The van der Waals surface area contributed by atoms with Crippen molar-refractivity contribution in [2.45, 2.75) is 20.3 Å². The monoisotopic (exact) mass is 440 g/mol. The predicted molar refractivity (Wildman–Crippen MR) is 121 cm³/mol. The van der Waals surface area contributed by atoms with Crippen molar-refractivity contribution < 1.29 is 23.9 Å². The molecule has 0 radical (unpaired) electrons. The topological polar surface area (TPSA) is 84.9 Å². The van der Waals surface area contributed by atoms with Crippen LogP contribution >= 0.6 is 11.8 Å². The van der Waals surface area contributed by atoms with E-state index in [0.29, 0.717) is 29.4 Å². The van der Waals surface area contributed by atoms with E-state index in [1.54, 1.807) is 36.4 Å². The highest BCUT2D eigenvalue weighted by atomic mass is 32.2. The highest BCUT2D eigenvalue weighted by Gasteiger charge is 2.36. The molecule has 31 heavy (non-hydrogen) atoms. The van der Waals surface area contributed by atoms with Crippen molar-refractivity contribution in [3.63, 3.8) is 0 Å². The van der Waals surface area contributed by atoms with Gasteiger partial charge in [0.25, 0.3) is 11.1 Å². The van der Waals surface area contributed by atoms with Gasteiger partial charge in [0.1, 0.15) is 6.54 Å². The Labute approximate surface area is 185 Å². The zero-order valence-electron chi connectivity index (χ0n) is 17.6. The Hall–Kier alpha value is -3.26. The number of amides is 3. The number of thioether (sulfide) groups is 1. The number of nitrogens with zero attached hydrogens (tertiary/aromatic N) is 1. The summed E-state index contributed by atoms with van der Waals surface area (Å²) in [6.07, 6.45) is 2.50. The standard InChI is InChI=1S/C23H24N2O5S/c1-4-15-6-9-17(10-7-15)24-21(26)14-25-22(27)20(31-23(25)28)13-16-8-11-18(30-5-2)19(12-16)29-3/h6-13H,4-5,14H2,1-3H3,(H,24,26)/b20-13+. The zero-order valence-corrected chi connectivity index (χ0v) is 18.5. The number of aryl methyl sites for hydroxylation is 1. The maximum absolute atomic E-state index is 12.7. The Morgan fingerprint density at radius 3 is 2.48 bits per heavy atom. The number of ether oxygens (including phenoxy) is 2. The number of carbonyl (C=O) groups excluding carboxylic acids is 3. The first-order valence-corrected chi connectivity index (χ1v) is 10.7. The maximum atomic E-state index is 12.7. The molecule has 1 heterocycles. The number of anilines is 1. The van der Waals surface area contributed by atoms with Crippen LogP contribution in [0, 0.1) is 0 Å². The summed E-state index contributed by atoms with van der Waals surface area (Å²) in [6, 6.07) is 12.7. The molecule has 3 rings (SSSR count). The zero-order chi connectivity index (χ0) is 22.4. The predicted octanol–water partition coefficient (Wildman–Crippen LogP) is 4.33. The highest BCUT2D eigenvalue weighted by molar-refractivity contribution is 8.18. The van der Waals surface area contributed by atoms with E-state index in [9.17, 15) is 14.4 Å². The second kappa shape index (κ2) is 10.2. The van der Waals surface area contributed by atoms with Crippen LogP contribution in [-0.4, -0.2) is 42.2 Å². The summed E-state index contributed by atoms with van der Waals surface area (Å²) >= 11 is 0.804. The summed E-state index contributed by atoms with van der Waals surface area (Å²) in [5, 5.41) is 2.23.